The highest BCUT2D eigenvalue weighted by molar-refractivity contribution is 5.80. The van der Waals surface area contributed by atoms with Gasteiger partial charge in [-0.2, -0.15) is 0 Å². The molecule has 0 heterocycles. The van der Waals surface area contributed by atoms with Gasteiger partial charge in [-0.1, -0.05) is 97.1 Å². The second kappa shape index (κ2) is 6.21. The van der Waals surface area contributed by atoms with Crippen LogP contribution in [0.4, 0.5) is 0 Å². The Kier molecular flexibility index (Phi) is 3.52. The predicted molar refractivity (Wildman–Crippen MR) is 116 cm³/mol. The quantitative estimate of drug-likeness (QED) is 0.363. The summed E-state index contributed by atoms with van der Waals surface area (Å²) in [5, 5.41) is 0. The zero-order chi connectivity index (χ0) is 18.5. The molecule has 1 radical (unpaired) electrons. The van der Waals surface area contributed by atoms with Crippen molar-refractivity contribution in [1.29, 1.82) is 0 Å². The monoisotopic (exact) mass is 357 g/mol. The molecule has 0 nitrogen and oxygen atoms in total. The van der Waals surface area contributed by atoms with E-state index in [9.17, 15) is 0 Å². The van der Waals surface area contributed by atoms with Gasteiger partial charge in [-0.3, -0.25) is 0 Å². The molecule has 0 N–H and O–H groups in total. The van der Waals surface area contributed by atoms with Crippen LogP contribution in [0.25, 0.3) is 22.3 Å². The lowest BCUT2D eigenvalue weighted by atomic mass is 9.85. The summed E-state index contributed by atoms with van der Waals surface area (Å²) >= 11 is 0. The molecule has 133 valence electrons. The minimum Gasteiger partial charge on any atom is -0.0619 e. The number of hydrogen-bond acceptors (Lipinski definition) is 0. The summed E-state index contributed by atoms with van der Waals surface area (Å²) in [5.41, 5.74) is 11.4. The fourth-order valence-corrected chi connectivity index (χ4v) is 5.23. The zero-order valence-corrected chi connectivity index (χ0v) is 15.7. The van der Waals surface area contributed by atoms with Crippen LogP contribution in [0.3, 0.4) is 0 Å². The van der Waals surface area contributed by atoms with Crippen LogP contribution < -0.4 is 0 Å². The van der Waals surface area contributed by atoms with Gasteiger partial charge in [0.15, 0.2) is 0 Å². The average molecular weight is 357 g/mol. The van der Waals surface area contributed by atoms with Crippen molar-refractivity contribution >= 4 is 0 Å². The van der Waals surface area contributed by atoms with Gasteiger partial charge in [0.2, 0.25) is 0 Å². The Morgan fingerprint density at radius 2 is 0.821 bits per heavy atom. The molecule has 0 amide bonds. The van der Waals surface area contributed by atoms with Gasteiger partial charge in [0.1, 0.15) is 0 Å². The Morgan fingerprint density at radius 3 is 1.29 bits per heavy atom. The summed E-state index contributed by atoms with van der Waals surface area (Å²) in [6.07, 6.45) is 3.61. The molecule has 0 spiro atoms. The topological polar surface area (TPSA) is 0 Å². The van der Waals surface area contributed by atoms with Crippen molar-refractivity contribution in [3.05, 3.63) is 126 Å². The summed E-state index contributed by atoms with van der Waals surface area (Å²) in [6.45, 7) is 0. The lowest BCUT2D eigenvalue weighted by molar-refractivity contribution is 0.757. The van der Waals surface area contributed by atoms with Crippen LogP contribution in [0.2, 0.25) is 0 Å². The van der Waals surface area contributed by atoms with Crippen LogP contribution in [0.5, 0.6) is 0 Å². The van der Waals surface area contributed by atoms with Crippen molar-refractivity contribution in [3.8, 4) is 22.3 Å². The molecule has 4 aromatic carbocycles. The summed E-state index contributed by atoms with van der Waals surface area (Å²) in [6, 6.07) is 35.6. The predicted octanol–water partition coefficient (Wildman–Crippen LogP) is 7.21. The third-order valence-electron chi connectivity index (χ3n) is 6.45. The molecule has 4 aromatic rings. The SMILES string of the molecule is [CH](CC1c2ccccc2-c2ccccc21)C1c2ccccc2-c2ccccc21. The van der Waals surface area contributed by atoms with E-state index in [1.165, 1.54) is 44.5 Å². The fourth-order valence-electron chi connectivity index (χ4n) is 5.23. The number of benzene rings is 4. The molecule has 0 saturated carbocycles. The van der Waals surface area contributed by atoms with E-state index < -0.39 is 0 Å². The molecule has 0 fully saturated rings. The van der Waals surface area contributed by atoms with Crippen molar-refractivity contribution in [3.63, 3.8) is 0 Å². The third kappa shape index (κ3) is 2.24. The molecule has 0 saturated heterocycles. The van der Waals surface area contributed by atoms with Gasteiger partial charge in [-0.25, -0.2) is 0 Å². The van der Waals surface area contributed by atoms with Crippen LogP contribution in [-0.2, 0) is 0 Å². The van der Waals surface area contributed by atoms with E-state index >= 15 is 0 Å². The van der Waals surface area contributed by atoms with Gasteiger partial charge in [0.05, 0.1) is 0 Å². The first-order chi connectivity index (χ1) is 13.9. The van der Waals surface area contributed by atoms with Crippen molar-refractivity contribution < 1.29 is 0 Å². The molecular weight excluding hydrogens is 336 g/mol. The van der Waals surface area contributed by atoms with Gasteiger partial charge in [-0.05, 0) is 57.3 Å². The lowest BCUT2D eigenvalue weighted by Gasteiger charge is -2.18. The Morgan fingerprint density at radius 1 is 0.464 bits per heavy atom. The lowest BCUT2D eigenvalue weighted by Crippen LogP contribution is -2.03. The smallest absolute Gasteiger partial charge is 0.0133 e. The first-order valence-electron chi connectivity index (χ1n) is 10.1. The van der Waals surface area contributed by atoms with Crippen molar-refractivity contribution in [2.45, 2.75) is 18.3 Å². The Balaban J connectivity index is 1.38. The molecule has 0 atom stereocenters. The largest absolute Gasteiger partial charge is 0.0619 e. The summed E-state index contributed by atoms with van der Waals surface area (Å²) in [7, 11) is 0. The van der Waals surface area contributed by atoms with E-state index in [1.807, 2.05) is 0 Å². The highest BCUT2D eigenvalue weighted by Gasteiger charge is 2.32. The molecule has 0 aromatic heterocycles. The average Bonchev–Trinajstić information content (AvgIpc) is 3.26. The van der Waals surface area contributed by atoms with Crippen LogP contribution in [-0.4, -0.2) is 0 Å². The molecule has 28 heavy (non-hydrogen) atoms. The minimum absolute atomic E-state index is 0.382. The molecule has 0 bridgehead atoms. The molecule has 6 rings (SSSR count). The van der Waals surface area contributed by atoms with Gasteiger partial charge < -0.3 is 0 Å². The minimum atomic E-state index is 0.382. The molecular formula is C28H21. The van der Waals surface area contributed by atoms with Crippen LogP contribution in [0.1, 0.15) is 40.5 Å². The maximum absolute atomic E-state index is 2.55. The van der Waals surface area contributed by atoms with Crippen LogP contribution in [0.15, 0.2) is 97.1 Å². The maximum atomic E-state index is 2.55. The number of hydrogen-bond donors (Lipinski definition) is 0. The van der Waals surface area contributed by atoms with Crippen molar-refractivity contribution in [2.75, 3.05) is 0 Å². The van der Waals surface area contributed by atoms with Crippen molar-refractivity contribution in [2.24, 2.45) is 0 Å². The second-order valence-corrected chi connectivity index (χ2v) is 7.85. The van der Waals surface area contributed by atoms with E-state index in [4.69, 9.17) is 0 Å². The Labute approximate surface area is 166 Å². The normalized spacial score (nSPS) is 14.4. The molecule has 0 unspecified atom stereocenters. The van der Waals surface area contributed by atoms with E-state index in [2.05, 4.69) is 103 Å². The Hall–Kier alpha value is -3.12. The Bertz CT molecular complexity index is 998. The summed E-state index contributed by atoms with van der Waals surface area (Å²) in [4.78, 5) is 0. The molecule has 2 aliphatic rings. The number of rotatable bonds is 3. The van der Waals surface area contributed by atoms with E-state index in [0.29, 0.717) is 11.8 Å². The first-order valence-corrected chi connectivity index (χ1v) is 10.1. The van der Waals surface area contributed by atoms with Gasteiger partial charge in [-0.15, -0.1) is 0 Å². The standard InChI is InChI=1S/C28H21/c1-5-13-23-19(9-1)20-10-2-6-14-24(20)27(23)17-18-28-25-15-7-3-11-21(25)22-12-4-8-16-26(22)28/h1-17,27-28H,18H2. The maximum Gasteiger partial charge on any atom is 0.0133 e. The number of fused-ring (bicyclic) bond motifs is 6. The highest BCUT2D eigenvalue weighted by atomic mass is 14.4. The van der Waals surface area contributed by atoms with E-state index in [0.717, 1.165) is 6.42 Å². The fraction of sp³-hybridized carbons (Fsp3) is 0.107. The van der Waals surface area contributed by atoms with Gasteiger partial charge in [0, 0.05) is 11.8 Å². The molecule has 0 aliphatic heterocycles. The van der Waals surface area contributed by atoms with Crippen LogP contribution in [0, 0.1) is 6.42 Å². The van der Waals surface area contributed by atoms with Gasteiger partial charge in [0.25, 0.3) is 0 Å². The molecule has 0 heteroatoms. The van der Waals surface area contributed by atoms with Gasteiger partial charge >= 0.3 is 0 Å². The van der Waals surface area contributed by atoms with E-state index in [1.54, 1.807) is 0 Å². The van der Waals surface area contributed by atoms with E-state index in [-0.39, 0.29) is 0 Å². The van der Waals surface area contributed by atoms with Crippen LogP contribution >= 0.6 is 0 Å². The summed E-state index contributed by atoms with van der Waals surface area (Å²) in [5.74, 6) is 0.833. The summed E-state index contributed by atoms with van der Waals surface area (Å²) < 4.78 is 0. The first kappa shape index (κ1) is 15.9. The molecule has 2 aliphatic carbocycles. The zero-order valence-electron chi connectivity index (χ0n) is 15.7. The third-order valence-corrected chi connectivity index (χ3v) is 6.45. The highest BCUT2D eigenvalue weighted by Crippen LogP contribution is 2.50. The second-order valence-electron chi connectivity index (χ2n) is 7.85. The van der Waals surface area contributed by atoms with Crippen molar-refractivity contribution in [1.82, 2.24) is 0 Å².